The number of anilines is 5. The monoisotopic (exact) mass is 485 g/mol. The number of nitrogens with zero attached hydrogens (tertiary/aromatic N) is 2. The van der Waals surface area contributed by atoms with Crippen molar-refractivity contribution in [2.45, 2.75) is 0 Å². The summed E-state index contributed by atoms with van der Waals surface area (Å²) in [5.74, 6) is -2.72. The Morgan fingerprint density at radius 1 is 0.667 bits per heavy atom. The lowest BCUT2D eigenvalue weighted by molar-refractivity contribution is 0.102. The van der Waals surface area contributed by atoms with Crippen LogP contribution in [0.3, 0.4) is 0 Å². The first-order valence-electron chi connectivity index (χ1n) is 10.8. The van der Waals surface area contributed by atoms with Gasteiger partial charge in [0.15, 0.2) is 0 Å². The van der Waals surface area contributed by atoms with Crippen molar-refractivity contribution in [1.29, 1.82) is 0 Å². The quantitative estimate of drug-likeness (QED) is 0.247. The van der Waals surface area contributed by atoms with Crippen molar-refractivity contribution in [2.24, 2.45) is 0 Å². The summed E-state index contributed by atoms with van der Waals surface area (Å²) in [6, 6.07) is 17.3. The molecule has 9 heteroatoms. The van der Waals surface area contributed by atoms with E-state index in [4.69, 9.17) is 0 Å². The fourth-order valence-corrected chi connectivity index (χ4v) is 3.65. The van der Waals surface area contributed by atoms with Gasteiger partial charge in [0.1, 0.15) is 17.5 Å². The third-order valence-electron chi connectivity index (χ3n) is 5.38. The van der Waals surface area contributed by atoms with Crippen LogP contribution in [0.1, 0.15) is 10.4 Å². The van der Waals surface area contributed by atoms with Gasteiger partial charge in [-0.05, 0) is 72.8 Å². The van der Waals surface area contributed by atoms with Crippen molar-refractivity contribution >= 4 is 45.2 Å². The normalized spacial score (nSPS) is 10.8. The average molecular weight is 485 g/mol. The first-order chi connectivity index (χ1) is 17.5. The summed E-state index contributed by atoms with van der Waals surface area (Å²) < 4.78 is 42.8. The molecule has 0 unspecified atom stereocenters. The molecule has 0 spiro atoms. The smallest absolute Gasteiger partial charge is 0.258 e. The van der Waals surface area contributed by atoms with Crippen molar-refractivity contribution in [3.8, 4) is 0 Å². The predicted molar refractivity (Wildman–Crippen MR) is 133 cm³/mol. The summed E-state index contributed by atoms with van der Waals surface area (Å²) in [5.41, 5.74) is 2.30. The number of hydrogen-bond acceptors (Lipinski definition) is 5. The van der Waals surface area contributed by atoms with Gasteiger partial charge in [-0.2, -0.15) is 0 Å². The van der Waals surface area contributed by atoms with E-state index in [2.05, 4.69) is 25.9 Å². The maximum Gasteiger partial charge on any atom is 0.258 e. The number of fused-ring (bicyclic) bond motifs is 1. The molecule has 1 amide bonds. The summed E-state index contributed by atoms with van der Waals surface area (Å²) in [6.07, 6.45) is 4.75. The Balaban J connectivity index is 1.39. The summed E-state index contributed by atoms with van der Waals surface area (Å²) in [7, 11) is 0. The van der Waals surface area contributed by atoms with Crippen LogP contribution >= 0.6 is 0 Å². The molecule has 0 aliphatic rings. The number of nitrogens with one attached hydrogen (secondary N) is 3. The molecule has 5 rings (SSSR count). The van der Waals surface area contributed by atoms with Gasteiger partial charge in [-0.15, -0.1) is 0 Å². The molecule has 6 nitrogen and oxygen atoms in total. The van der Waals surface area contributed by atoms with Crippen LogP contribution in [0.4, 0.5) is 41.6 Å². The van der Waals surface area contributed by atoms with Crippen LogP contribution in [0.15, 0.2) is 91.4 Å². The van der Waals surface area contributed by atoms with Crippen LogP contribution in [0.2, 0.25) is 0 Å². The first kappa shape index (κ1) is 22.9. The van der Waals surface area contributed by atoms with E-state index in [0.29, 0.717) is 28.0 Å². The van der Waals surface area contributed by atoms with Crippen molar-refractivity contribution in [3.05, 3.63) is 114 Å². The van der Waals surface area contributed by atoms with Gasteiger partial charge in [0, 0.05) is 46.7 Å². The van der Waals surface area contributed by atoms with Gasteiger partial charge in [0.05, 0.1) is 16.8 Å². The third kappa shape index (κ3) is 4.95. The number of halogens is 3. The Kier molecular flexibility index (Phi) is 6.19. The molecule has 0 aliphatic heterocycles. The molecule has 3 N–H and O–H groups in total. The highest BCUT2D eigenvalue weighted by atomic mass is 19.1. The minimum atomic E-state index is -0.832. The van der Waals surface area contributed by atoms with Crippen LogP contribution in [0.25, 0.3) is 10.9 Å². The Labute approximate surface area is 203 Å². The fraction of sp³-hybridized carbons (Fsp3) is 0. The van der Waals surface area contributed by atoms with E-state index in [1.54, 1.807) is 42.9 Å². The molecular formula is C27H18F3N5O. The highest BCUT2D eigenvalue weighted by Crippen LogP contribution is 2.28. The number of amides is 1. The summed E-state index contributed by atoms with van der Waals surface area (Å²) in [6.45, 7) is 0. The number of benzene rings is 3. The zero-order valence-corrected chi connectivity index (χ0v) is 18.6. The Hall–Kier alpha value is -4.92. The van der Waals surface area contributed by atoms with Crippen molar-refractivity contribution in [1.82, 2.24) is 9.97 Å². The fourth-order valence-electron chi connectivity index (χ4n) is 3.65. The number of carbonyl (C=O) groups excluding carboxylic acids is 1. The lowest BCUT2D eigenvalue weighted by Crippen LogP contribution is -2.15. The summed E-state index contributed by atoms with van der Waals surface area (Å²) in [5, 5.41) is 9.09. The maximum absolute atomic E-state index is 14.6. The lowest BCUT2D eigenvalue weighted by atomic mass is 10.1. The van der Waals surface area contributed by atoms with E-state index in [0.717, 1.165) is 11.8 Å². The average Bonchev–Trinajstić information content (AvgIpc) is 2.88. The molecule has 0 radical (unpaired) electrons. The second-order valence-electron chi connectivity index (χ2n) is 7.85. The molecule has 0 fully saturated rings. The van der Waals surface area contributed by atoms with Crippen LogP contribution < -0.4 is 16.0 Å². The van der Waals surface area contributed by atoms with Crippen LogP contribution in [-0.4, -0.2) is 15.9 Å². The van der Waals surface area contributed by atoms with E-state index in [1.165, 1.54) is 42.5 Å². The van der Waals surface area contributed by atoms with Gasteiger partial charge in [-0.3, -0.25) is 14.8 Å². The molecular weight excluding hydrogens is 467 g/mol. The minimum Gasteiger partial charge on any atom is -0.355 e. The van der Waals surface area contributed by atoms with Gasteiger partial charge in [0.25, 0.3) is 5.91 Å². The van der Waals surface area contributed by atoms with Crippen molar-refractivity contribution < 1.29 is 18.0 Å². The van der Waals surface area contributed by atoms with Gasteiger partial charge in [0.2, 0.25) is 0 Å². The molecule has 0 bridgehead atoms. The summed E-state index contributed by atoms with van der Waals surface area (Å²) >= 11 is 0. The Bertz CT molecular complexity index is 1580. The second kappa shape index (κ2) is 9.75. The predicted octanol–water partition coefficient (Wildman–Crippen LogP) is 6.79. The van der Waals surface area contributed by atoms with Crippen LogP contribution in [0, 0.1) is 17.5 Å². The van der Waals surface area contributed by atoms with E-state index >= 15 is 0 Å². The molecule has 2 heterocycles. The van der Waals surface area contributed by atoms with E-state index in [-0.39, 0.29) is 11.3 Å². The van der Waals surface area contributed by atoms with Gasteiger partial charge >= 0.3 is 0 Å². The number of aromatic nitrogens is 2. The number of pyridine rings is 2. The first-order valence-corrected chi connectivity index (χ1v) is 10.8. The molecule has 3 aromatic carbocycles. The molecule has 178 valence electrons. The van der Waals surface area contributed by atoms with Crippen molar-refractivity contribution in [3.63, 3.8) is 0 Å². The van der Waals surface area contributed by atoms with E-state index in [1.807, 2.05) is 0 Å². The minimum absolute atomic E-state index is 0.118. The molecule has 0 aliphatic carbocycles. The SMILES string of the molecule is O=C(Nc1cc(Nc2ccncc2)ccc1F)c1cc(Nc2ccnc3ccc(F)cc23)ccc1F. The van der Waals surface area contributed by atoms with Gasteiger partial charge in [-0.1, -0.05) is 0 Å². The highest BCUT2D eigenvalue weighted by Gasteiger charge is 2.16. The molecule has 36 heavy (non-hydrogen) atoms. The summed E-state index contributed by atoms with van der Waals surface area (Å²) in [4.78, 5) is 21.0. The Morgan fingerprint density at radius 2 is 1.42 bits per heavy atom. The van der Waals surface area contributed by atoms with E-state index < -0.39 is 23.4 Å². The number of hydrogen-bond donors (Lipinski definition) is 3. The van der Waals surface area contributed by atoms with Crippen LogP contribution in [0.5, 0.6) is 0 Å². The standard InChI is InChI=1S/C27H18F3N5O/c28-16-1-6-24-21(13-16)25(9-12-32-24)34-18-2-4-22(29)20(14-18)27(36)35-26-15-19(3-5-23(26)30)33-17-7-10-31-11-8-17/h1-15H,(H,31,33)(H,32,34)(H,35,36). The van der Waals surface area contributed by atoms with Crippen molar-refractivity contribution in [2.75, 3.05) is 16.0 Å². The third-order valence-corrected chi connectivity index (χ3v) is 5.38. The Morgan fingerprint density at radius 3 is 2.22 bits per heavy atom. The second-order valence-corrected chi connectivity index (χ2v) is 7.85. The zero-order valence-electron chi connectivity index (χ0n) is 18.6. The topological polar surface area (TPSA) is 78.9 Å². The number of carbonyl (C=O) groups is 1. The largest absolute Gasteiger partial charge is 0.355 e. The van der Waals surface area contributed by atoms with E-state index in [9.17, 15) is 18.0 Å². The zero-order chi connectivity index (χ0) is 25.1. The molecule has 0 saturated carbocycles. The molecule has 5 aromatic rings. The molecule has 0 atom stereocenters. The lowest BCUT2D eigenvalue weighted by Gasteiger charge is -2.13. The van der Waals surface area contributed by atoms with Crippen LogP contribution in [-0.2, 0) is 0 Å². The van der Waals surface area contributed by atoms with Gasteiger partial charge in [-0.25, -0.2) is 13.2 Å². The number of rotatable bonds is 6. The molecule has 0 saturated heterocycles. The van der Waals surface area contributed by atoms with Gasteiger partial charge < -0.3 is 16.0 Å². The molecule has 2 aromatic heterocycles. The highest BCUT2D eigenvalue weighted by molar-refractivity contribution is 6.05. The maximum atomic E-state index is 14.6.